The van der Waals surface area contributed by atoms with Crippen molar-refractivity contribution in [1.82, 2.24) is 0 Å². The average Bonchev–Trinajstić information content (AvgIpc) is 3.18. The lowest BCUT2D eigenvalue weighted by Crippen LogP contribution is -2.20. The van der Waals surface area contributed by atoms with E-state index in [0.29, 0.717) is 34.1 Å². The van der Waals surface area contributed by atoms with Gasteiger partial charge < -0.3 is 24.3 Å². The van der Waals surface area contributed by atoms with E-state index in [-0.39, 0.29) is 30.7 Å². The molecule has 178 valence electrons. The van der Waals surface area contributed by atoms with E-state index < -0.39 is 5.97 Å². The molecule has 4 rings (SSSR count). The van der Waals surface area contributed by atoms with Crippen molar-refractivity contribution in [3.8, 4) is 17.2 Å². The number of carbonyl (C=O) groups excluding carboxylic acids is 3. The van der Waals surface area contributed by atoms with E-state index in [1.54, 1.807) is 74.7 Å². The van der Waals surface area contributed by atoms with Crippen molar-refractivity contribution in [2.75, 3.05) is 25.6 Å². The smallest absolute Gasteiger partial charge is 0.338 e. The van der Waals surface area contributed by atoms with E-state index in [4.69, 9.17) is 18.9 Å². The second-order valence-electron chi connectivity index (χ2n) is 7.51. The van der Waals surface area contributed by atoms with Crippen molar-refractivity contribution in [1.29, 1.82) is 0 Å². The number of Topliss-reactive ketones (excluding diaryl/α,β-unsaturated/α-hetero) is 1. The lowest BCUT2D eigenvalue weighted by Gasteiger charge is -2.09. The summed E-state index contributed by atoms with van der Waals surface area (Å²) >= 11 is 0. The molecule has 8 nitrogen and oxygen atoms in total. The summed E-state index contributed by atoms with van der Waals surface area (Å²) < 4.78 is 21.4. The third-order valence-corrected chi connectivity index (χ3v) is 5.10. The van der Waals surface area contributed by atoms with Crippen molar-refractivity contribution in [2.24, 2.45) is 0 Å². The average molecular weight is 473 g/mol. The Kier molecular flexibility index (Phi) is 7.11. The van der Waals surface area contributed by atoms with E-state index in [2.05, 4.69) is 5.32 Å². The molecule has 0 fully saturated rings. The van der Waals surface area contributed by atoms with Crippen LogP contribution in [0.5, 0.6) is 17.2 Å². The van der Waals surface area contributed by atoms with E-state index in [9.17, 15) is 14.4 Å². The summed E-state index contributed by atoms with van der Waals surface area (Å²) in [4.78, 5) is 36.6. The number of hydrogen-bond donors (Lipinski definition) is 1. The second kappa shape index (κ2) is 10.6. The summed E-state index contributed by atoms with van der Waals surface area (Å²) in [5, 5.41) is 2.69. The van der Waals surface area contributed by atoms with Gasteiger partial charge in [0, 0.05) is 11.8 Å². The molecule has 3 aromatic rings. The van der Waals surface area contributed by atoms with Gasteiger partial charge in [-0.15, -0.1) is 0 Å². The summed E-state index contributed by atoms with van der Waals surface area (Å²) in [6, 6.07) is 18.4. The SMILES string of the molecule is CCOC(=O)c1ccc(NC(=O)COc2ccc3c(c2)O/C(=C\c2ccc(OC)cc2)C3=O)cc1. The van der Waals surface area contributed by atoms with Crippen LogP contribution in [0.25, 0.3) is 6.08 Å². The summed E-state index contributed by atoms with van der Waals surface area (Å²) in [5.74, 6) is 0.628. The lowest BCUT2D eigenvalue weighted by atomic mass is 10.1. The fraction of sp³-hybridized carbons (Fsp3) is 0.148. The first-order valence-corrected chi connectivity index (χ1v) is 10.9. The zero-order valence-corrected chi connectivity index (χ0v) is 19.2. The normalized spacial score (nSPS) is 13.1. The molecule has 0 saturated carbocycles. The van der Waals surface area contributed by atoms with Crippen LogP contribution in [0.4, 0.5) is 5.69 Å². The predicted octanol–water partition coefficient (Wildman–Crippen LogP) is 4.51. The van der Waals surface area contributed by atoms with Gasteiger partial charge in [-0.05, 0) is 67.1 Å². The molecule has 1 aliphatic heterocycles. The number of amides is 1. The number of esters is 1. The predicted molar refractivity (Wildman–Crippen MR) is 129 cm³/mol. The Labute approximate surface area is 202 Å². The van der Waals surface area contributed by atoms with Gasteiger partial charge in [-0.1, -0.05) is 12.1 Å². The molecule has 0 saturated heterocycles. The Morgan fingerprint density at radius 1 is 0.971 bits per heavy atom. The quantitative estimate of drug-likeness (QED) is 0.380. The topological polar surface area (TPSA) is 100 Å². The number of rotatable bonds is 8. The molecule has 1 aliphatic rings. The van der Waals surface area contributed by atoms with Crippen LogP contribution in [0, 0.1) is 0 Å². The Bertz CT molecular complexity index is 1280. The lowest BCUT2D eigenvalue weighted by molar-refractivity contribution is -0.118. The number of ketones is 1. The van der Waals surface area contributed by atoms with E-state index in [0.717, 1.165) is 5.56 Å². The molecule has 0 bridgehead atoms. The highest BCUT2D eigenvalue weighted by molar-refractivity contribution is 6.14. The van der Waals surface area contributed by atoms with Gasteiger partial charge in [0.2, 0.25) is 5.78 Å². The number of nitrogens with one attached hydrogen (secondary N) is 1. The van der Waals surface area contributed by atoms with E-state index in [1.807, 2.05) is 12.1 Å². The molecule has 0 unspecified atom stereocenters. The molecular weight excluding hydrogens is 450 g/mol. The van der Waals surface area contributed by atoms with Crippen molar-refractivity contribution < 1.29 is 33.3 Å². The summed E-state index contributed by atoms with van der Waals surface area (Å²) in [6.07, 6.45) is 1.66. The van der Waals surface area contributed by atoms with Gasteiger partial charge in [-0.3, -0.25) is 9.59 Å². The zero-order chi connectivity index (χ0) is 24.8. The highest BCUT2D eigenvalue weighted by atomic mass is 16.5. The highest BCUT2D eigenvalue weighted by Crippen LogP contribution is 2.35. The summed E-state index contributed by atoms with van der Waals surface area (Å²) in [5.41, 5.74) is 2.13. The Morgan fingerprint density at radius 2 is 1.69 bits per heavy atom. The van der Waals surface area contributed by atoms with Crippen LogP contribution < -0.4 is 19.5 Å². The van der Waals surface area contributed by atoms with Gasteiger partial charge in [0.25, 0.3) is 5.91 Å². The first kappa shape index (κ1) is 23.6. The number of fused-ring (bicyclic) bond motifs is 1. The number of benzene rings is 3. The minimum atomic E-state index is -0.423. The fourth-order valence-corrected chi connectivity index (χ4v) is 3.36. The molecule has 8 heteroatoms. The van der Waals surface area contributed by atoms with Crippen LogP contribution in [0.1, 0.15) is 33.2 Å². The molecule has 0 radical (unpaired) electrons. The summed E-state index contributed by atoms with van der Waals surface area (Å²) in [6.45, 7) is 1.77. The molecule has 1 heterocycles. The van der Waals surface area contributed by atoms with Crippen molar-refractivity contribution in [2.45, 2.75) is 6.92 Å². The monoisotopic (exact) mass is 473 g/mol. The van der Waals surface area contributed by atoms with Crippen LogP contribution in [0.15, 0.2) is 72.5 Å². The third kappa shape index (κ3) is 5.67. The van der Waals surface area contributed by atoms with Crippen LogP contribution >= 0.6 is 0 Å². The van der Waals surface area contributed by atoms with Crippen molar-refractivity contribution >= 4 is 29.4 Å². The molecule has 3 aromatic carbocycles. The number of allylic oxidation sites excluding steroid dienone is 1. The van der Waals surface area contributed by atoms with Gasteiger partial charge in [0.05, 0.1) is 24.8 Å². The molecule has 1 amide bonds. The van der Waals surface area contributed by atoms with Crippen molar-refractivity contribution in [3.63, 3.8) is 0 Å². The van der Waals surface area contributed by atoms with Gasteiger partial charge >= 0.3 is 5.97 Å². The van der Waals surface area contributed by atoms with Crippen LogP contribution in [-0.2, 0) is 9.53 Å². The number of hydrogen-bond acceptors (Lipinski definition) is 7. The molecule has 0 aliphatic carbocycles. The molecule has 35 heavy (non-hydrogen) atoms. The van der Waals surface area contributed by atoms with Crippen LogP contribution in [0.3, 0.4) is 0 Å². The Balaban J connectivity index is 1.34. The minimum absolute atomic E-state index is 0.200. The number of ether oxygens (including phenoxy) is 4. The van der Waals surface area contributed by atoms with E-state index >= 15 is 0 Å². The van der Waals surface area contributed by atoms with Crippen LogP contribution in [-0.4, -0.2) is 38.0 Å². The Morgan fingerprint density at radius 3 is 2.37 bits per heavy atom. The maximum absolute atomic E-state index is 12.7. The molecule has 0 spiro atoms. The summed E-state index contributed by atoms with van der Waals surface area (Å²) in [7, 11) is 1.59. The maximum Gasteiger partial charge on any atom is 0.338 e. The minimum Gasteiger partial charge on any atom is -0.497 e. The van der Waals surface area contributed by atoms with Gasteiger partial charge in [-0.25, -0.2) is 4.79 Å². The number of carbonyl (C=O) groups is 3. The van der Waals surface area contributed by atoms with Crippen LogP contribution in [0.2, 0.25) is 0 Å². The standard InChI is InChI=1S/C27H23NO7/c1-3-33-27(31)18-6-8-19(9-7-18)28-25(29)16-34-21-12-13-22-23(15-21)35-24(26(22)30)14-17-4-10-20(32-2)11-5-17/h4-15H,3,16H2,1-2H3,(H,28,29)/b24-14-. The number of anilines is 1. The molecule has 0 atom stereocenters. The van der Waals surface area contributed by atoms with E-state index in [1.165, 1.54) is 0 Å². The fourth-order valence-electron chi connectivity index (χ4n) is 3.36. The van der Waals surface area contributed by atoms with Gasteiger partial charge in [0.1, 0.15) is 17.2 Å². The van der Waals surface area contributed by atoms with Crippen molar-refractivity contribution in [3.05, 3.63) is 89.2 Å². The largest absolute Gasteiger partial charge is 0.497 e. The van der Waals surface area contributed by atoms with Gasteiger partial charge in [-0.2, -0.15) is 0 Å². The third-order valence-electron chi connectivity index (χ3n) is 5.10. The first-order chi connectivity index (χ1) is 17.0. The van der Waals surface area contributed by atoms with Gasteiger partial charge in [0.15, 0.2) is 12.4 Å². The maximum atomic E-state index is 12.7. The zero-order valence-electron chi connectivity index (χ0n) is 19.2. The molecule has 0 aromatic heterocycles. The highest BCUT2D eigenvalue weighted by Gasteiger charge is 2.27. The second-order valence-corrected chi connectivity index (χ2v) is 7.51. The Hall–Kier alpha value is -4.59. The molecular formula is C27H23NO7. The first-order valence-electron chi connectivity index (χ1n) is 10.9. The number of methoxy groups -OCH3 is 1. The molecule has 1 N–H and O–H groups in total.